The van der Waals surface area contributed by atoms with Gasteiger partial charge in [-0.25, -0.2) is 0 Å². The number of esters is 1. The number of ether oxygens (including phenoxy) is 1. The first kappa shape index (κ1) is 58.6. The molecule has 0 aliphatic heterocycles. The van der Waals surface area contributed by atoms with Crippen molar-refractivity contribution in [3.63, 3.8) is 0 Å². The van der Waals surface area contributed by atoms with E-state index in [4.69, 9.17) is 4.74 Å². The van der Waals surface area contributed by atoms with E-state index in [2.05, 4.69) is 31.3 Å². The predicted molar refractivity (Wildman–Crippen MR) is 260 cm³/mol. The lowest BCUT2D eigenvalue weighted by molar-refractivity contribution is -0.143. The van der Waals surface area contributed by atoms with Crippen LogP contribution in [0.5, 0.6) is 0 Å². The number of amides is 1. The van der Waals surface area contributed by atoms with Crippen molar-refractivity contribution in [2.45, 2.75) is 309 Å². The number of aliphatic hydroxyl groups excluding tert-OH is 2. The number of rotatable bonds is 50. The molecular formula is C54H105NO5. The van der Waals surface area contributed by atoms with Gasteiger partial charge in [-0.1, -0.05) is 244 Å². The Morgan fingerprint density at radius 3 is 1.18 bits per heavy atom. The fourth-order valence-electron chi connectivity index (χ4n) is 8.40. The van der Waals surface area contributed by atoms with E-state index in [0.717, 1.165) is 44.9 Å². The number of hydrogen-bond acceptors (Lipinski definition) is 5. The van der Waals surface area contributed by atoms with Crippen LogP contribution in [0, 0.1) is 0 Å². The van der Waals surface area contributed by atoms with Crippen LogP contribution in [0.25, 0.3) is 0 Å². The van der Waals surface area contributed by atoms with Crippen molar-refractivity contribution in [2.24, 2.45) is 0 Å². The van der Waals surface area contributed by atoms with Gasteiger partial charge >= 0.3 is 5.97 Å². The summed E-state index contributed by atoms with van der Waals surface area (Å²) in [5.74, 6) is -0.0429. The summed E-state index contributed by atoms with van der Waals surface area (Å²) < 4.78 is 5.48. The molecule has 0 aromatic heterocycles. The molecule has 0 aliphatic carbocycles. The summed E-state index contributed by atoms with van der Waals surface area (Å²) >= 11 is 0. The van der Waals surface area contributed by atoms with Gasteiger partial charge in [-0.15, -0.1) is 0 Å². The minimum Gasteiger partial charge on any atom is -0.466 e. The van der Waals surface area contributed by atoms with Crippen molar-refractivity contribution in [3.8, 4) is 0 Å². The lowest BCUT2D eigenvalue weighted by Gasteiger charge is -2.22. The predicted octanol–water partition coefficient (Wildman–Crippen LogP) is 16.1. The van der Waals surface area contributed by atoms with E-state index in [1.807, 2.05) is 0 Å². The Morgan fingerprint density at radius 2 is 0.783 bits per heavy atom. The van der Waals surface area contributed by atoms with E-state index in [1.165, 1.54) is 218 Å². The second kappa shape index (κ2) is 50.2. The standard InChI is InChI=1S/C54H105NO5/c1-3-5-7-9-11-13-15-16-17-18-22-25-28-32-36-40-44-48-54(59)60-49-45-41-37-33-29-26-23-20-19-21-24-27-31-35-39-43-47-53(58)55-51(50-56)52(57)46-42-38-34-30-14-12-10-8-6-4-2/h16-17,51-52,56-57H,3-15,18-50H2,1-2H3,(H,55,58)/b17-16-. The first-order valence-corrected chi connectivity index (χ1v) is 26.9. The zero-order valence-electron chi connectivity index (χ0n) is 40.5. The summed E-state index contributed by atoms with van der Waals surface area (Å²) in [5, 5.41) is 23.1. The van der Waals surface area contributed by atoms with Crippen LogP contribution in [0.3, 0.4) is 0 Å². The minimum atomic E-state index is -0.666. The van der Waals surface area contributed by atoms with Crippen LogP contribution in [0.15, 0.2) is 12.2 Å². The summed E-state index contributed by atoms with van der Waals surface area (Å²) in [7, 11) is 0. The molecule has 0 aliphatic rings. The number of aliphatic hydroxyl groups is 2. The molecule has 356 valence electrons. The fraction of sp³-hybridized carbons (Fsp3) is 0.926. The molecule has 0 aromatic carbocycles. The van der Waals surface area contributed by atoms with E-state index in [0.29, 0.717) is 25.9 Å². The van der Waals surface area contributed by atoms with Gasteiger partial charge in [0.05, 0.1) is 25.4 Å². The number of unbranched alkanes of at least 4 members (excludes halogenated alkanes) is 37. The number of carbonyl (C=O) groups is 2. The highest BCUT2D eigenvalue weighted by Crippen LogP contribution is 2.17. The van der Waals surface area contributed by atoms with Crippen molar-refractivity contribution < 1.29 is 24.5 Å². The van der Waals surface area contributed by atoms with Crippen molar-refractivity contribution in [2.75, 3.05) is 13.2 Å². The zero-order valence-corrected chi connectivity index (χ0v) is 40.5. The average Bonchev–Trinajstić information content (AvgIpc) is 3.25. The van der Waals surface area contributed by atoms with Crippen LogP contribution >= 0.6 is 0 Å². The molecule has 0 rings (SSSR count). The summed E-state index contributed by atoms with van der Waals surface area (Å²) in [6.45, 7) is 4.93. The summed E-state index contributed by atoms with van der Waals surface area (Å²) in [6, 6.07) is -0.544. The third-order valence-electron chi connectivity index (χ3n) is 12.6. The third-order valence-corrected chi connectivity index (χ3v) is 12.6. The largest absolute Gasteiger partial charge is 0.466 e. The maximum atomic E-state index is 12.4. The highest BCUT2D eigenvalue weighted by atomic mass is 16.5. The molecule has 0 bridgehead atoms. The first-order chi connectivity index (χ1) is 29.5. The second-order valence-corrected chi connectivity index (χ2v) is 18.6. The van der Waals surface area contributed by atoms with E-state index in [-0.39, 0.29) is 18.5 Å². The van der Waals surface area contributed by atoms with Gasteiger partial charge < -0.3 is 20.3 Å². The normalized spacial score (nSPS) is 12.7. The lowest BCUT2D eigenvalue weighted by Crippen LogP contribution is -2.45. The zero-order chi connectivity index (χ0) is 43.7. The second-order valence-electron chi connectivity index (χ2n) is 18.6. The molecule has 1 amide bonds. The Morgan fingerprint density at radius 1 is 0.450 bits per heavy atom. The molecule has 0 spiro atoms. The topological polar surface area (TPSA) is 95.9 Å². The Hall–Kier alpha value is -1.40. The van der Waals surface area contributed by atoms with Gasteiger partial charge in [-0.3, -0.25) is 9.59 Å². The van der Waals surface area contributed by atoms with Crippen molar-refractivity contribution >= 4 is 11.9 Å². The van der Waals surface area contributed by atoms with Crippen LogP contribution in [0.2, 0.25) is 0 Å². The molecule has 0 heterocycles. The molecule has 6 nitrogen and oxygen atoms in total. The van der Waals surface area contributed by atoms with E-state index >= 15 is 0 Å². The Balaban J connectivity index is 3.39. The van der Waals surface area contributed by atoms with E-state index < -0.39 is 12.1 Å². The molecule has 6 heteroatoms. The molecule has 60 heavy (non-hydrogen) atoms. The van der Waals surface area contributed by atoms with Gasteiger partial charge in [0, 0.05) is 12.8 Å². The van der Waals surface area contributed by atoms with E-state index in [9.17, 15) is 19.8 Å². The highest BCUT2D eigenvalue weighted by molar-refractivity contribution is 5.76. The summed E-state index contributed by atoms with van der Waals surface area (Å²) in [4.78, 5) is 24.5. The van der Waals surface area contributed by atoms with Gasteiger partial charge in [0.15, 0.2) is 0 Å². The molecule has 2 unspecified atom stereocenters. The van der Waals surface area contributed by atoms with Gasteiger partial charge in [-0.05, 0) is 51.4 Å². The number of carbonyl (C=O) groups excluding carboxylic acids is 2. The van der Waals surface area contributed by atoms with Gasteiger partial charge in [0.25, 0.3) is 0 Å². The Labute approximate surface area is 374 Å². The maximum Gasteiger partial charge on any atom is 0.305 e. The van der Waals surface area contributed by atoms with Gasteiger partial charge in [0.1, 0.15) is 0 Å². The molecule has 0 aromatic rings. The number of hydrogen-bond donors (Lipinski definition) is 3. The van der Waals surface area contributed by atoms with Crippen molar-refractivity contribution in [1.82, 2.24) is 5.32 Å². The number of nitrogens with one attached hydrogen (secondary N) is 1. The van der Waals surface area contributed by atoms with Crippen LogP contribution < -0.4 is 5.32 Å². The summed E-state index contributed by atoms with van der Waals surface area (Å²) in [6.07, 6.45) is 57.6. The SMILES string of the molecule is CCCCCCCC/C=C\CCCCCCCCCC(=O)OCCCCCCCCCCCCCCCCCCC(=O)NC(CO)C(O)CCCCCCCCCCCC. The molecule has 0 saturated carbocycles. The number of allylic oxidation sites excluding steroid dienone is 2. The average molecular weight is 848 g/mol. The molecule has 3 N–H and O–H groups in total. The molecule has 0 radical (unpaired) electrons. The lowest BCUT2D eigenvalue weighted by atomic mass is 10.0. The van der Waals surface area contributed by atoms with Gasteiger partial charge in [0.2, 0.25) is 5.91 Å². The fourth-order valence-corrected chi connectivity index (χ4v) is 8.40. The van der Waals surface area contributed by atoms with Crippen LogP contribution in [0.4, 0.5) is 0 Å². The molecular weight excluding hydrogens is 743 g/mol. The minimum absolute atomic E-state index is 0.0000595. The Bertz CT molecular complexity index is 893. The quantitative estimate of drug-likeness (QED) is 0.0322. The van der Waals surface area contributed by atoms with Crippen LogP contribution in [0.1, 0.15) is 296 Å². The third kappa shape index (κ3) is 46.1. The molecule has 0 fully saturated rings. The first-order valence-electron chi connectivity index (χ1n) is 26.9. The Kier molecular flexibility index (Phi) is 49.1. The van der Waals surface area contributed by atoms with Gasteiger partial charge in [-0.2, -0.15) is 0 Å². The maximum absolute atomic E-state index is 12.4. The van der Waals surface area contributed by atoms with Crippen LogP contribution in [-0.2, 0) is 14.3 Å². The highest BCUT2D eigenvalue weighted by Gasteiger charge is 2.20. The molecule has 0 saturated heterocycles. The van der Waals surface area contributed by atoms with E-state index in [1.54, 1.807) is 0 Å². The van der Waals surface area contributed by atoms with Crippen LogP contribution in [-0.4, -0.2) is 47.4 Å². The van der Waals surface area contributed by atoms with Crippen molar-refractivity contribution in [3.05, 3.63) is 12.2 Å². The van der Waals surface area contributed by atoms with Crippen molar-refractivity contribution in [1.29, 1.82) is 0 Å². The smallest absolute Gasteiger partial charge is 0.305 e. The monoisotopic (exact) mass is 848 g/mol. The summed E-state index contributed by atoms with van der Waals surface area (Å²) in [5.41, 5.74) is 0. The molecule has 2 atom stereocenters.